The van der Waals surface area contributed by atoms with E-state index in [0.717, 1.165) is 37.2 Å². The molecular weight excluding hydrogens is 250 g/mol. The Balaban J connectivity index is 1.82. The molecule has 2 N–H and O–H groups in total. The Morgan fingerprint density at radius 3 is 2.45 bits per heavy atom. The first kappa shape index (κ1) is 14.9. The predicted molar refractivity (Wildman–Crippen MR) is 83.2 cm³/mol. The molecule has 4 heteroatoms. The van der Waals surface area contributed by atoms with Gasteiger partial charge in [0.15, 0.2) is 0 Å². The van der Waals surface area contributed by atoms with Crippen LogP contribution in [0.4, 0.5) is 5.69 Å². The summed E-state index contributed by atoms with van der Waals surface area (Å²) in [6.45, 7) is 5.57. The van der Waals surface area contributed by atoms with E-state index in [4.69, 9.17) is 0 Å². The van der Waals surface area contributed by atoms with E-state index in [2.05, 4.69) is 22.5 Å². The second kappa shape index (κ2) is 7.29. The molecule has 0 atom stereocenters. The van der Waals surface area contributed by atoms with E-state index in [1.165, 1.54) is 13.0 Å². The molecule has 0 aromatic heterocycles. The highest BCUT2D eigenvalue weighted by Crippen LogP contribution is 2.13. The minimum atomic E-state index is 0.0431. The number of anilines is 1. The number of nitrogens with zero attached hydrogens (tertiary/aromatic N) is 1. The first-order valence-electron chi connectivity index (χ1n) is 7.54. The summed E-state index contributed by atoms with van der Waals surface area (Å²) in [6.07, 6.45) is 3.31. The zero-order chi connectivity index (χ0) is 14.4. The zero-order valence-corrected chi connectivity index (χ0v) is 12.5. The minimum absolute atomic E-state index is 0.0431. The van der Waals surface area contributed by atoms with Crippen LogP contribution in [0.5, 0.6) is 0 Å². The van der Waals surface area contributed by atoms with Crippen LogP contribution in [0, 0.1) is 0 Å². The van der Waals surface area contributed by atoms with E-state index >= 15 is 0 Å². The van der Waals surface area contributed by atoms with Crippen molar-refractivity contribution in [1.29, 1.82) is 0 Å². The molecule has 20 heavy (non-hydrogen) atoms. The quantitative estimate of drug-likeness (QED) is 0.867. The molecule has 0 unspecified atom stereocenters. The van der Waals surface area contributed by atoms with Gasteiger partial charge in [-0.3, -0.25) is 4.79 Å². The summed E-state index contributed by atoms with van der Waals surface area (Å²) in [5.41, 5.74) is 1.76. The van der Waals surface area contributed by atoms with Gasteiger partial charge in [-0.15, -0.1) is 0 Å². The Labute approximate surface area is 121 Å². The van der Waals surface area contributed by atoms with Crippen molar-refractivity contribution < 1.29 is 4.79 Å². The lowest BCUT2D eigenvalue weighted by molar-refractivity contribution is 0.0911. The van der Waals surface area contributed by atoms with Crippen LogP contribution in [0.2, 0.25) is 0 Å². The number of amides is 1. The van der Waals surface area contributed by atoms with Crippen LogP contribution in [-0.4, -0.2) is 43.5 Å². The molecule has 110 valence electrons. The van der Waals surface area contributed by atoms with Crippen LogP contribution in [0.1, 0.15) is 36.5 Å². The third-order valence-corrected chi connectivity index (χ3v) is 3.90. The lowest BCUT2D eigenvalue weighted by atomic mass is 10.0. The fourth-order valence-corrected chi connectivity index (χ4v) is 2.67. The van der Waals surface area contributed by atoms with Crippen LogP contribution >= 0.6 is 0 Å². The van der Waals surface area contributed by atoms with Crippen LogP contribution in [0.15, 0.2) is 24.3 Å². The van der Waals surface area contributed by atoms with Crippen molar-refractivity contribution in [1.82, 2.24) is 10.2 Å². The van der Waals surface area contributed by atoms with Gasteiger partial charge < -0.3 is 15.5 Å². The fraction of sp³-hybridized carbons (Fsp3) is 0.562. The third-order valence-electron chi connectivity index (χ3n) is 3.90. The monoisotopic (exact) mass is 275 g/mol. The lowest BCUT2D eigenvalue weighted by Crippen LogP contribution is -2.44. The number of likely N-dealkylation sites (tertiary alicyclic amines) is 1. The Bertz CT molecular complexity index is 422. The van der Waals surface area contributed by atoms with Gasteiger partial charge in [0.25, 0.3) is 5.91 Å². The first-order valence-corrected chi connectivity index (χ1v) is 7.54. The molecule has 1 amide bonds. The zero-order valence-electron chi connectivity index (χ0n) is 12.5. The van der Waals surface area contributed by atoms with Crippen molar-refractivity contribution in [3.63, 3.8) is 0 Å². The van der Waals surface area contributed by atoms with Crippen LogP contribution < -0.4 is 10.6 Å². The van der Waals surface area contributed by atoms with Crippen molar-refractivity contribution >= 4 is 11.6 Å². The molecule has 1 aliphatic rings. The summed E-state index contributed by atoms with van der Waals surface area (Å²) in [6, 6.07) is 7.91. The highest BCUT2D eigenvalue weighted by Gasteiger charge is 2.20. The van der Waals surface area contributed by atoms with Crippen molar-refractivity contribution in [3.05, 3.63) is 29.8 Å². The maximum Gasteiger partial charge on any atom is 0.251 e. The molecule has 0 aliphatic carbocycles. The lowest BCUT2D eigenvalue weighted by Gasteiger charge is -2.32. The highest BCUT2D eigenvalue weighted by molar-refractivity contribution is 5.94. The first-order chi connectivity index (χ1) is 9.72. The summed E-state index contributed by atoms with van der Waals surface area (Å²) in [5, 5.41) is 6.20. The number of rotatable bonds is 5. The summed E-state index contributed by atoms with van der Waals surface area (Å²) in [7, 11) is 1.87. The highest BCUT2D eigenvalue weighted by atomic mass is 16.1. The molecule has 1 heterocycles. The van der Waals surface area contributed by atoms with Gasteiger partial charge in [0.05, 0.1) is 0 Å². The average molecular weight is 275 g/mol. The second-order valence-electron chi connectivity index (χ2n) is 5.42. The molecule has 0 radical (unpaired) electrons. The van der Waals surface area contributed by atoms with Crippen LogP contribution in [0.25, 0.3) is 0 Å². The van der Waals surface area contributed by atoms with Crippen LogP contribution in [-0.2, 0) is 0 Å². The number of hydrogen-bond donors (Lipinski definition) is 2. The number of carbonyl (C=O) groups excluding carboxylic acids is 1. The number of benzene rings is 1. The standard InChI is InChI=1S/C16H25N3O/c1-3-10-19-11-8-15(9-12-19)18-16(20)13-4-6-14(17-2)7-5-13/h4-7,15,17H,3,8-12H2,1-2H3,(H,18,20). The van der Waals surface area contributed by atoms with E-state index in [1.807, 2.05) is 31.3 Å². The Morgan fingerprint density at radius 2 is 1.90 bits per heavy atom. The molecular formula is C16H25N3O. The molecule has 1 aliphatic heterocycles. The second-order valence-corrected chi connectivity index (χ2v) is 5.42. The average Bonchev–Trinajstić information content (AvgIpc) is 2.49. The van der Waals surface area contributed by atoms with E-state index < -0.39 is 0 Å². The molecule has 4 nitrogen and oxygen atoms in total. The Kier molecular flexibility index (Phi) is 5.41. The predicted octanol–water partition coefficient (Wildman–Crippen LogP) is 2.33. The van der Waals surface area contributed by atoms with Gasteiger partial charge in [0.2, 0.25) is 0 Å². The van der Waals surface area contributed by atoms with Gasteiger partial charge in [-0.1, -0.05) is 6.92 Å². The topological polar surface area (TPSA) is 44.4 Å². The maximum absolute atomic E-state index is 12.2. The van der Waals surface area contributed by atoms with Gasteiger partial charge >= 0.3 is 0 Å². The van der Waals surface area contributed by atoms with Crippen molar-refractivity contribution in [2.24, 2.45) is 0 Å². The van der Waals surface area contributed by atoms with E-state index in [0.29, 0.717) is 6.04 Å². The summed E-state index contributed by atoms with van der Waals surface area (Å²) < 4.78 is 0. The van der Waals surface area contributed by atoms with Gasteiger partial charge in [-0.2, -0.15) is 0 Å². The minimum Gasteiger partial charge on any atom is -0.388 e. The molecule has 0 saturated carbocycles. The number of hydrogen-bond acceptors (Lipinski definition) is 3. The molecule has 0 spiro atoms. The summed E-state index contributed by atoms with van der Waals surface area (Å²) in [5.74, 6) is 0.0431. The van der Waals surface area contributed by atoms with Gasteiger partial charge in [-0.05, 0) is 50.1 Å². The smallest absolute Gasteiger partial charge is 0.251 e. The van der Waals surface area contributed by atoms with Crippen molar-refractivity contribution in [2.45, 2.75) is 32.2 Å². The number of piperidine rings is 1. The third kappa shape index (κ3) is 3.97. The molecule has 1 aromatic rings. The van der Waals surface area contributed by atoms with Gasteiger partial charge in [0.1, 0.15) is 0 Å². The largest absolute Gasteiger partial charge is 0.388 e. The van der Waals surface area contributed by atoms with Crippen molar-refractivity contribution in [3.8, 4) is 0 Å². The number of nitrogens with one attached hydrogen (secondary N) is 2. The van der Waals surface area contributed by atoms with E-state index in [9.17, 15) is 4.79 Å². The Morgan fingerprint density at radius 1 is 1.25 bits per heavy atom. The maximum atomic E-state index is 12.2. The normalized spacial score (nSPS) is 16.9. The SMILES string of the molecule is CCCN1CCC(NC(=O)c2ccc(NC)cc2)CC1. The molecule has 1 saturated heterocycles. The van der Waals surface area contributed by atoms with Crippen LogP contribution in [0.3, 0.4) is 0 Å². The Hall–Kier alpha value is -1.55. The summed E-state index contributed by atoms with van der Waals surface area (Å²) >= 11 is 0. The summed E-state index contributed by atoms with van der Waals surface area (Å²) in [4.78, 5) is 14.7. The van der Waals surface area contributed by atoms with E-state index in [1.54, 1.807) is 0 Å². The van der Waals surface area contributed by atoms with Gasteiger partial charge in [-0.25, -0.2) is 0 Å². The van der Waals surface area contributed by atoms with Gasteiger partial charge in [0, 0.05) is 37.4 Å². The van der Waals surface area contributed by atoms with E-state index in [-0.39, 0.29) is 5.91 Å². The molecule has 1 aromatic carbocycles. The molecule has 1 fully saturated rings. The molecule has 2 rings (SSSR count). The van der Waals surface area contributed by atoms with Crippen molar-refractivity contribution in [2.75, 3.05) is 32.0 Å². The number of carbonyl (C=O) groups is 1. The molecule has 0 bridgehead atoms. The fourth-order valence-electron chi connectivity index (χ4n) is 2.67.